The molecular formula is C25H20Br2ClP. The van der Waals surface area contributed by atoms with Crippen LogP contribution in [0.25, 0.3) is 0 Å². The highest BCUT2D eigenvalue weighted by Crippen LogP contribution is 2.58. The van der Waals surface area contributed by atoms with Crippen molar-refractivity contribution in [2.45, 2.75) is 6.16 Å². The molecule has 4 aromatic carbocycles. The van der Waals surface area contributed by atoms with Gasteiger partial charge in [0.05, 0.1) is 11.2 Å². The zero-order valence-corrected chi connectivity index (χ0v) is 20.5. The lowest BCUT2D eigenvalue weighted by Crippen LogP contribution is -3.00. The Balaban J connectivity index is 0.00000240. The third-order valence-corrected chi connectivity index (χ3v) is 10.7. The molecule has 29 heavy (non-hydrogen) atoms. The second-order valence-corrected chi connectivity index (χ2v) is 11.4. The maximum atomic E-state index is 6.73. The number of benzene rings is 4. The van der Waals surface area contributed by atoms with Gasteiger partial charge in [0.2, 0.25) is 0 Å². The van der Waals surface area contributed by atoms with Crippen molar-refractivity contribution in [1.29, 1.82) is 0 Å². The number of halogens is 3. The molecule has 0 atom stereocenters. The second-order valence-electron chi connectivity index (χ2n) is 6.69. The van der Waals surface area contributed by atoms with Crippen LogP contribution in [0.1, 0.15) is 5.56 Å². The van der Waals surface area contributed by atoms with Gasteiger partial charge in [-0.3, -0.25) is 0 Å². The SMILES string of the molecule is Clc1c(Br)cccc1C[P+](c1ccccc1)(c1ccccc1)c1ccccc1.[Br-]. The molecule has 0 heterocycles. The predicted octanol–water partition coefficient (Wildman–Crippen LogP) is 3.60. The van der Waals surface area contributed by atoms with Gasteiger partial charge in [-0.05, 0) is 58.4 Å². The lowest BCUT2D eigenvalue weighted by molar-refractivity contribution is -0.00000520. The van der Waals surface area contributed by atoms with Crippen molar-refractivity contribution in [3.63, 3.8) is 0 Å². The molecule has 0 unspecified atom stereocenters. The Bertz CT molecular complexity index is 957. The van der Waals surface area contributed by atoms with E-state index < -0.39 is 7.26 Å². The average molecular weight is 547 g/mol. The lowest BCUT2D eigenvalue weighted by Gasteiger charge is -2.28. The summed E-state index contributed by atoms with van der Waals surface area (Å²) >= 11 is 10.3. The van der Waals surface area contributed by atoms with Gasteiger partial charge < -0.3 is 17.0 Å². The van der Waals surface area contributed by atoms with E-state index in [1.54, 1.807) is 0 Å². The third-order valence-electron chi connectivity index (χ3n) is 5.03. The highest BCUT2D eigenvalue weighted by Gasteiger charge is 2.45. The van der Waals surface area contributed by atoms with Gasteiger partial charge >= 0.3 is 0 Å². The molecule has 0 spiro atoms. The van der Waals surface area contributed by atoms with E-state index in [0.29, 0.717) is 0 Å². The largest absolute Gasteiger partial charge is 1.00 e. The summed E-state index contributed by atoms with van der Waals surface area (Å²) in [5, 5.41) is 4.89. The van der Waals surface area contributed by atoms with Crippen LogP contribution in [-0.2, 0) is 6.16 Å². The Labute approximate surface area is 197 Å². The van der Waals surface area contributed by atoms with Crippen molar-refractivity contribution in [2.24, 2.45) is 0 Å². The van der Waals surface area contributed by atoms with Crippen LogP contribution < -0.4 is 32.9 Å². The maximum absolute atomic E-state index is 6.73. The molecule has 0 fully saturated rings. The standard InChI is InChI=1S/C25H20BrClP.BrH/c26-24-18-10-11-20(25(24)27)19-28(21-12-4-1-5-13-21,22-14-6-2-7-15-22)23-16-8-3-9-17-23;/h1-18H,19H2;1H/q+1;/p-1. The van der Waals surface area contributed by atoms with Gasteiger partial charge in [0.25, 0.3) is 0 Å². The van der Waals surface area contributed by atoms with Crippen LogP contribution in [0, 0.1) is 0 Å². The van der Waals surface area contributed by atoms with Crippen LogP contribution in [0.2, 0.25) is 5.02 Å². The molecule has 4 aromatic rings. The van der Waals surface area contributed by atoms with E-state index in [9.17, 15) is 0 Å². The predicted molar refractivity (Wildman–Crippen MR) is 128 cm³/mol. The van der Waals surface area contributed by atoms with Gasteiger partial charge in [-0.15, -0.1) is 0 Å². The molecule has 0 saturated carbocycles. The summed E-state index contributed by atoms with van der Waals surface area (Å²) < 4.78 is 0.943. The van der Waals surface area contributed by atoms with Crippen LogP contribution >= 0.6 is 34.8 Å². The second kappa shape index (κ2) is 10.0. The van der Waals surface area contributed by atoms with Crippen molar-refractivity contribution < 1.29 is 17.0 Å². The van der Waals surface area contributed by atoms with E-state index in [0.717, 1.165) is 15.7 Å². The van der Waals surface area contributed by atoms with Crippen LogP contribution in [-0.4, -0.2) is 0 Å². The fourth-order valence-corrected chi connectivity index (χ4v) is 8.65. The molecule has 4 rings (SSSR count). The smallest absolute Gasteiger partial charge is 0.116 e. The summed E-state index contributed by atoms with van der Waals surface area (Å²) in [5.74, 6) is 0. The van der Waals surface area contributed by atoms with Gasteiger partial charge in [-0.2, -0.15) is 0 Å². The number of hydrogen-bond acceptors (Lipinski definition) is 0. The van der Waals surface area contributed by atoms with E-state index in [4.69, 9.17) is 11.6 Å². The molecule has 0 aliphatic heterocycles. The van der Waals surface area contributed by atoms with Crippen LogP contribution in [0.5, 0.6) is 0 Å². The fourth-order valence-electron chi connectivity index (χ4n) is 3.69. The molecule has 0 amide bonds. The molecule has 0 aliphatic rings. The van der Waals surface area contributed by atoms with Gasteiger partial charge in [-0.1, -0.05) is 78.3 Å². The Morgan fingerprint density at radius 1 is 0.586 bits per heavy atom. The summed E-state index contributed by atoms with van der Waals surface area (Å²) in [6.07, 6.45) is 0.878. The van der Waals surface area contributed by atoms with Gasteiger partial charge in [-0.25, -0.2) is 0 Å². The van der Waals surface area contributed by atoms with Crippen LogP contribution in [0.3, 0.4) is 0 Å². The normalized spacial score (nSPS) is 11.0. The third kappa shape index (κ3) is 4.52. The number of hydrogen-bond donors (Lipinski definition) is 0. The quantitative estimate of drug-likeness (QED) is 0.336. The lowest BCUT2D eigenvalue weighted by atomic mass is 10.2. The summed E-state index contributed by atoms with van der Waals surface area (Å²) in [6, 6.07) is 38.9. The molecule has 0 aromatic heterocycles. The summed E-state index contributed by atoms with van der Waals surface area (Å²) in [4.78, 5) is 0. The molecule has 0 saturated heterocycles. The molecular weight excluding hydrogens is 527 g/mol. The minimum atomic E-state index is -1.93. The molecule has 0 aliphatic carbocycles. The van der Waals surface area contributed by atoms with E-state index in [2.05, 4.69) is 119 Å². The van der Waals surface area contributed by atoms with E-state index >= 15 is 0 Å². The molecule has 0 N–H and O–H groups in total. The zero-order valence-electron chi connectivity index (χ0n) is 15.7. The zero-order chi connectivity index (χ0) is 19.4. The summed E-state index contributed by atoms with van der Waals surface area (Å²) in [7, 11) is -1.93. The molecule has 0 nitrogen and oxygen atoms in total. The first-order valence-electron chi connectivity index (χ1n) is 9.19. The van der Waals surface area contributed by atoms with Crippen molar-refractivity contribution in [2.75, 3.05) is 0 Å². The Morgan fingerprint density at radius 2 is 1.00 bits per heavy atom. The summed E-state index contributed by atoms with van der Waals surface area (Å²) in [5.41, 5.74) is 1.17. The first-order valence-corrected chi connectivity index (χ1v) is 12.3. The fraction of sp³-hybridized carbons (Fsp3) is 0.0400. The minimum Gasteiger partial charge on any atom is -1.00 e. The highest BCUT2D eigenvalue weighted by molar-refractivity contribution is 9.10. The van der Waals surface area contributed by atoms with E-state index in [1.807, 2.05) is 6.07 Å². The van der Waals surface area contributed by atoms with Crippen molar-refractivity contribution in [3.05, 3.63) is 124 Å². The molecule has 0 bridgehead atoms. The molecule has 4 heteroatoms. The monoisotopic (exact) mass is 544 g/mol. The Kier molecular flexibility index (Phi) is 7.71. The van der Waals surface area contributed by atoms with E-state index in [1.165, 1.54) is 21.5 Å². The van der Waals surface area contributed by atoms with Crippen molar-refractivity contribution >= 4 is 50.7 Å². The highest BCUT2D eigenvalue weighted by atomic mass is 79.9. The summed E-state index contributed by atoms with van der Waals surface area (Å²) in [6.45, 7) is 0. The average Bonchev–Trinajstić information content (AvgIpc) is 2.77. The van der Waals surface area contributed by atoms with E-state index in [-0.39, 0.29) is 17.0 Å². The van der Waals surface area contributed by atoms with Crippen molar-refractivity contribution in [3.8, 4) is 0 Å². The first kappa shape index (κ1) is 22.2. The minimum absolute atomic E-state index is 0. The maximum Gasteiger partial charge on any atom is 0.116 e. The van der Waals surface area contributed by atoms with Gasteiger partial charge in [0.15, 0.2) is 0 Å². The number of rotatable bonds is 5. The Hall–Kier alpha value is -1.44. The topological polar surface area (TPSA) is 0 Å². The van der Waals surface area contributed by atoms with Gasteiger partial charge in [0, 0.05) is 10.0 Å². The van der Waals surface area contributed by atoms with Gasteiger partial charge in [0.1, 0.15) is 23.2 Å². The molecule has 146 valence electrons. The first-order chi connectivity index (χ1) is 13.7. The van der Waals surface area contributed by atoms with Crippen LogP contribution in [0.15, 0.2) is 114 Å². The van der Waals surface area contributed by atoms with Crippen molar-refractivity contribution in [1.82, 2.24) is 0 Å². The van der Waals surface area contributed by atoms with Crippen LogP contribution in [0.4, 0.5) is 0 Å². The Morgan fingerprint density at radius 3 is 1.41 bits per heavy atom. The molecule has 0 radical (unpaired) electrons.